The molecule has 7 heteroatoms. The molecule has 0 aliphatic rings. The van der Waals surface area contributed by atoms with Crippen LogP contribution in [0.2, 0.25) is 0 Å². The zero-order valence-electron chi connectivity index (χ0n) is 12.9. The maximum absolute atomic E-state index is 11.4. The van der Waals surface area contributed by atoms with Crippen molar-refractivity contribution in [1.29, 1.82) is 0 Å². The van der Waals surface area contributed by atoms with Crippen molar-refractivity contribution in [2.75, 3.05) is 5.43 Å². The second kappa shape index (κ2) is 7.19. The zero-order chi connectivity index (χ0) is 16.8. The number of benzene rings is 2. The fourth-order valence-corrected chi connectivity index (χ4v) is 1.89. The molecule has 1 heterocycles. The smallest absolute Gasteiger partial charge is 0.274 e. The Kier molecular flexibility index (Phi) is 4.62. The lowest BCUT2D eigenvalue weighted by atomic mass is 10.2. The Bertz CT molecular complexity index is 906. The van der Waals surface area contributed by atoms with Crippen LogP contribution in [0.5, 0.6) is 11.5 Å². The number of anilines is 1. The van der Waals surface area contributed by atoms with Gasteiger partial charge in [-0.25, -0.2) is 5.43 Å². The number of aryl methyl sites for hydroxylation is 1. The van der Waals surface area contributed by atoms with Crippen LogP contribution >= 0.6 is 0 Å². The number of ether oxygens (including phenoxy) is 1. The molecule has 0 radical (unpaired) electrons. The molecule has 0 atom stereocenters. The number of nitrogens with zero attached hydrogens (tertiary/aromatic N) is 3. The van der Waals surface area contributed by atoms with E-state index in [4.69, 9.17) is 4.74 Å². The molecule has 7 nitrogen and oxygen atoms in total. The summed E-state index contributed by atoms with van der Waals surface area (Å²) in [4.78, 5) is 14.0. The van der Waals surface area contributed by atoms with Gasteiger partial charge < -0.3 is 4.74 Å². The van der Waals surface area contributed by atoms with E-state index in [1.807, 2.05) is 54.6 Å². The van der Waals surface area contributed by atoms with Crippen molar-refractivity contribution in [3.63, 3.8) is 0 Å². The van der Waals surface area contributed by atoms with Crippen LogP contribution in [0, 0.1) is 6.92 Å². The average Bonchev–Trinajstić information content (AvgIpc) is 2.59. The Hall–Kier alpha value is -3.48. The van der Waals surface area contributed by atoms with E-state index >= 15 is 0 Å². The molecular formula is C17H15N5O2. The summed E-state index contributed by atoms with van der Waals surface area (Å²) in [6.45, 7) is 1.58. The summed E-state index contributed by atoms with van der Waals surface area (Å²) in [5.41, 5.74) is 3.46. The van der Waals surface area contributed by atoms with Gasteiger partial charge in [0.25, 0.3) is 5.56 Å². The van der Waals surface area contributed by atoms with Gasteiger partial charge in [-0.3, -0.25) is 9.78 Å². The molecule has 24 heavy (non-hydrogen) atoms. The van der Waals surface area contributed by atoms with Crippen molar-refractivity contribution in [2.45, 2.75) is 6.92 Å². The Morgan fingerprint density at radius 2 is 1.88 bits per heavy atom. The van der Waals surface area contributed by atoms with Crippen LogP contribution in [0.4, 0.5) is 5.95 Å². The lowest BCUT2D eigenvalue weighted by Gasteiger charge is -2.05. The first-order chi connectivity index (χ1) is 11.7. The second-order valence-electron chi connectivity index (χ2n) is 4.95. The fourth-order valence-electron chi connectivity index (χ4n) is 1.89. The summed E-state index contributed by atoms with van der Waals surface area (Å²) in [5, 5.41) is 11.5. The molecule has 0 bridgehead atoms. The average molecular weight is 321 g/mol. The molecule has 0 spiro atoms. The van der Waals surface area contributed by atoms with Crippen LogP contribution < -0.4 is 15.7 Å². The molecule has 0 aliphatic heterocycles. The zero-order valence-corrected chi connectivity index (χ0v) is 12.9. The predicted octanol–water partition coefficient (Wildman–Crippen LogP) is 2.71. The molecule has 3 aromatic rings. The number of aromatic amines is 1. The summed E-state index contributed by atoms with van der Waals surface area (Å²) in [6.07, 6.45) is 1.59. The largest absolute Gasteiger partial charge is 0.457 e. The first-order valence-electron chi connectivity index (χ1n) is 7.26. The quantitative estimate of drug-likeness (QED) is 0.557. The van der Waals surface area contributed by atoms with Gasteiger partial charge in [0.05, 0.1) is 6.21 Å². The third-order valence-electron chi connectivity index (χ3n) is 3.08. The number of hydrazone groups is 1. The van der Waals surface area contributed by atoms with Crippen molar-refractivity contribution in [3.05, 3.63) is 76.2 Å². The van der Waals surface area contributed by atoms with Crippen LogP contribution in [0.3, 0.4) is 0 Å². The van der Waals surface area contributed by atoms with E-state index < -0.39 is 0 Å². The van der Waals surface area contributed by atoms with Crippen LogP contribution in [0.15, 0.2) is 64.5 Å². The molecule has 2 aromatic carbocycles. The molecule has 2 N–H and O–H groups in total. The SMILES string of the molecule is Cc1nnc(N/N=C/c2cccc(Oc3ccccc3)c2)[nH]c1=O. The molecule has 0 unspecified atom stereocenters. The van der Waals surface area contributed by atoms with Crippen molar-refractivity contribution in [3.8, 4) is 11.5 Å². The summed E-state index contributed by atoms with van der Waals surface area (Å²) in [7, 11) is 0. The molecule has 0 aliphatic carbocycles. The van der Waals surface area contributed by atoms with E-state index in [0.717, 1.165) is 11.3 Å². The minimum Gasteiger partial charge on any atom is -0.457 e. The molecule has 0 amide bonds. The monoisotopic (exact) mass is 321 g/mol. The van der Waals surface area contributed by atoms with E-state index in [2.05, 4.69) is 25.7 Å². The molecule has 0 fully saturated rings. The van der Waals surface area contributed by atoms with Crippen LogP contribution in [0.25, 0.3) is 0 Å². The summed E-state index contributed by atoms with van der Waals surface area (Å²) >= 11 is 0. The standard InChI is InChI=1S/C17H15N5O2/c1-12-16(23)19-17(22-20-12)21-18-11-13-6-5-9-15(10-13)24-14-7-3-2-4-8-14/h2-11H,1H3,(H2,19,21,22,23)/b18-11+. The molecule has 0 saturated heterocycles. The third-order valence-corrected chi connectivity index (χ3v) is 3.08. The highest BCUT2D eigenvalue weighted by Gasteiger charge is 1.99. The Morgan fingerprint density at radius 3 is 2.67 bits per heavy atom. The lowest BCUT2D eigenvalue weighted by Crippen LogP contribution is -2.15. The fraction of sp³-hybridized carbons (Fsp3) is 0.0588. The van der Waals surface area contributed by atoms with Gasteiger partial charge in [-0.1, -0.05) is 30.3 Å². The van der Waals surface area contributed by atoms with Crippen molar-refractivity contribution in [1.82, 2.24) is 15.2 Å². The molecular weight excluding hydrogens is 306 g/mol. The number of hydrogen-bond acceptors (Lipinski definition) is 6. The van der Waals surface area contributed by atoms with Gasteiger partial charge in [0.2, 0.25) is 5.95 Å². The van der Waals surface area contributed by atoms with Crippen molar-refractivity contribution < 1.29 is 4.74 Å². The van der Waals surface area contributed by atoms with Gasteiger partial charge in [0, 0.05) is 0 Å². The van der Waals surface area contributed by atoms with Crippen molar-refractivity contribution >= 4 is 12.2 Å². The Labute approximate surface area is 138 Å². The first kappa shape index (κ1) is 15.4. The van der Waals surface area contributed by atoms with Crippen LogP contribution in [-0.4, -0.2) is 21.4 Å². The van der Waals surface area contributed by atoms with Gasteiger partial charge in [0.1, 0.15) is 17.2 Å². The normalized spacial score (nSPS) is 10.7. The first-order valence-corrected chi connectivity index (χ1v) is 7.26. The number of hydrogen-bond donors (Lipinski definition) is 2. The van der Waals surface area contributed by atoms with Crippen molar-refractivity contribution in [2.24, 2.45) is 5.10 Å². The third kappa shape index (κ3) is 4.04. The maximum atomic E-state index is 11.4. The van der Waals surface area contributed by atoms with Crippen LogP contribution in [-0.2, 0) is 0 Å². The van der Waals surface area contributed by atoms with E-state index in [0.29, 0.717) is 11.4 Å². The van der Waals surface area contributed by atoms with E-state index in [1.165, 1.54) is 0 Å². The Morgan fingerprint density at radius 1 is 1.08 bits per heavy atom. The number of nitrogens with one attached hydrogen (secondary N) is 2. The van der Waals surface area contributed by atoms with Gasteiger partial charge in [-0.15, -0.1) is 10.2 Å². The van der Waals surface area contributed by atoms with E-state index in [9.17, 15) is 4.79 Å². The number of rotatable bonds is 5. The highest BCUT2D eigenvalue weighted by atomic mass is 16.5. The summed E-state index contributed by atoms with van der Waals surface area (Å²) < 4.78 is 5.76. The topological polar surface area (TPSA) is 92.3 Å². The number of aromatic nitrogens is 3. The van der Waals surface area contributed by atoms with Gasteiger partial charge in [0.15, 0.2) is 0 Å². The molecule has 3 rings (SSSR count). The van der Waals surface area contributed by atoms with Gasteiger partial charge in [-0.2, -0.15) is 5.10 Å². The number of para-hydroxylation sites is 1. The minimum atomic E-state index is -0.305. The summed E-state index contributed by atoms with van der Waals surface area (Å²) in [6, 6.07) is 17.0. The number of H-pyrrole nitrogens is 1. The minimum absolute atomic E-state index is 0.179. The predicted molar refractivity (Wildman–Crippen MR) is 91.6 cm³/mol. The summed E-state index contributed by atoms with van der Waals surface area (Å²) in [5.74, 6) is 1.64. The van der Waals surface area contributed by atoms with E-state index in [1.54, 1.807) is 13.1 Å². The lowest BCUT2D eigenvalue weighted by molar-refractivity contribution is 0.482. The van der Waals surface area contributed by atoms with Gasteiger partial charge in [-0.05, 0) is 36.8 Å². The molecule has 1 aromatic heterocycles. The molecule has 0 saturated carbocycles. The highest BCUT2D eigenvalue weighted by Crippen LogP contribution is 2.21. The molecule has 120 valence electrons. The van der Waals surface area contributed by atoms with Gasteiger partial charge >= 0.3 is 0 Å². The second-order valence-corrected chi connectivity index (χ2v) is 4.95. The van der Waals surface area contributed by atoms with Crippen LogP contribution in [0.1, 0.15) is 11.3 Å². The van der Waals surface area contributed by atoms with E-state index in [-0.39, 0.29) is 11.5 Å². The highest BCUT2D eigenvalue weighted by molar-refractivity contribution is 5.80. The Balaban J connectivity index is 1.67. The maximum Gasteiger partial charge on any atom is 0.274 e.